The zero-order chi connectivity index (χ0) is 12.0. The van der Waals surface area contributed by atoms with E-state index in [2.05, 4.69) is 66.4 Å². The van der Waals surface area contributed by atoms with Crippen LogP contribution in [0.1, 0.15) is 18.3 Å². The van der Waals surface area contributed by atoms with Crippen molar-refractivity contribution in [1.29, 1.82) is 0 Å². The Balaban J connectivity index is 2.58. The maximum Gasteiger partial charge on any atom is 0.261 e. The van der Waals surface area contributed by atoms with E-state index >= 15 is 0 Å². The summed E-state index contributed by atoms with van der Waals surface area (Å²) in [5.41, 5.74) is 3.91. The largest absolute Gasteiger partial charge is 0.261 e. The van der Waals surface area contributed by atoms with Crippen LogP contribution in [-0.4, -0.2) is 4.40 Å². The summed E-state index contributed by atoms with van der Waals surface area (Å²) in [7, 11) is 2.12. The van der Waals surface area contributed by atoms with E-state index in [4.69, 9.17) is 0 Å². The lowest BCUT2D eigenvalue weighted by molar-refractivity contribution is -0.677. The van der Waals surface area contributed by atoms with Gasteiger partial charge in [0, 0.05) is 11.8 Å². The molecule has 0 aliphatic carbocycles. The van der Waals surface area contributed by atoms with E-state index in [1.165, 1.54) is 27.8 Å². The van der Waals surface area contributed by atoms with E-state index in [-0.39, 0.29) is 0 Å². The quantitative estimate of drug-likeness (QED) is 0.563. The molecular formula is C15H17N2+. The van der Waals surface area contributed by atoms with Crippen molar-refractivity contribution in [2.45, 2.75) is 20.3 Å². The summed E-state index contributed by atoms with van der Waals surface area (Å²) in [6.07, 6.45) is 3.23. The van der Waals surface area contributed by atoms with Gasteiger partial charge in [0.2, 0.25) is 0 Å². The molecule has 0 aliphatic rings. The van der Waals surface area contributed by atoms with E-state index in [1.54, 1.807) is 0 Å². The molecule has 0 spiro atoms. The lowest BCUT2D eigenvalue weighted by Gasteiger charge is -2.01. The zero-order valence-corrected chi connectivity index (χ0v) is 10.6. The van der Waals surface area contributed by atoms with Crippen molar-refractivity contribution >= 4 is 16.4 Å². The summed E-state index contributed by atoms with van der Waals surface area (Å²) in [4.78, 5) is 0. The van der Waals surface area contributed by atoms with Gasteiger partial charge in [0.25, 0.3) is 5.82 Å². The van der Waals surface area contributed by atoms with Crippen molar-refractivity contribution in [2.75, 3.05) is 0 Å². The van der Waals surface area contributed by atoms with Crippen LogP contribution in [0.15, 0.2) is 36.5 Å². The van der Waals surface area contributed by atoms with Crippen molar-refractivity contribution in [3.8, 4) is 0 Å². The monoisotopic (exact) mass is 225 g/mol. The van der Waals surface area contributed by atoms with Crippen LogP contribution >= 0.6 is 0 Å². The van der Waals surface area contributed by atoms with Gasteiger partial charge in [-0.2, -0.15) is 4.40 Å². The molecule has 0 amide bonds. The second kappa shape index (κ2) is 3.59. The molecule has 0 radical (unpaired) electrons. The van der Waals surface area contributed by atoms with Crippen molar-refractivity contribution in [3.63, 3.8) is 0 Å². The van der Waals surface area contributed by atoms with Gasteiger partial charge in [-0.05, 0) is 30.7 Å². The first kappa shape index (κ1) is 10.3. The maximum atomic E-state index is 2.36. The van der Waals surface area contributed by atoms with Crippen LogP contribution in [-0.2, 0) is 13.5 Å². The molecule has 2 heterocycles. The fourth-order valence-corrected chi connectivity index (χ4v) is 2.69. The van der Waals surface area contributed by atoms with E-state index in [0.717, 1.165) is 6.42 Å². The third-order valence-corrected chi connectivity index (χ3v) is 3.53. The topological polar surface area (TPSA) is 8.29 Å². The van der Waals surface area contributed by atoms with Gasteiger partial charge in [-0.1, -0.05) is 19.1 Å². The molecule has 0 N–H and O–H groups in total. The highest BCUT2D eigenvalue weighted by atomic mass is 15.1. The molecule has 2 aromatic heterocycles. The van der Waals surface area contributed by atoms with Crippen LogP contribution in [0.5, 0.6) is 0 Å². The minimum atomic E-state index is 1.04. The van der Waals surface area contributed by atoms with E-state index in [1.807, 2.05) is 0 Å². The Hall–Kier alpha value is -1.83. The number of pyridine rings is 1. The van der Waals surface area contributed by atoms with Crippen molar-refractivity contribution in [1.82, 2.24) is 4.40 Å². The number of hydrogen-bond donors (Lipinski definition) is 0. The number of aryl methyl sites for hydroxylation is 3. The summed E-state index contributed by atoms with van der Waals surface area (Å²) in [6, 6.07) is 10.9. The second-order valence-corrected chi connectivity index (χ2v) is 4.61. The SMILES string of the molecule is CCc1n2c(ccc3c(C)cccc32)c[n+]1C. The van der Waals surface area contributed by atoms with E-state index in [0.29, 0.717) is 0 Å². The van der Waals surface area contributed by atoms with Crippen LogP contribution in [0.3, 0.4) is 0 Å². The number of fused-ring (bicyclic) bond motifs is 3. The Bertz CT molecular complexity index is 708. The summed E-state index contributed by atoms with van der Waals surface area (Å²) in [5, 5.41) is 1.34. The fraction of sp³-hybridized carbons (Fsp3) is 0.267. The standard InChI is InChI=1S/C15H17N2/c1-4-15-16(3)10-12-8-9-13-11(2)6-5-7-14(13)17(12)15/h5-10H,4H2,1-3H3/q+1. The highest BCUT2D eigenvalue weighted by Crippen LogP contribution is 2.21. The molecule has 86 valence electrons. The minimum Gasteiger partial charge on any atom is -0.236 e. The first-order chi connectivity index (χ1) is 8.22. The normalized spacial score (nSPS) is 11.5. The number of rotatable bonds is 1. The van der Waals surface area contributed by atoms with Gasteiger partial charge in [-0.15, -0.1) is 0 Å². The van der Waals surface area contributed by atoms with Crippen molar-refractivity contribution < 1.29 is 4.57 Å². The lowest BCUT2D eigenvalue weighted by atomic mass is 10.1. The van der Waals surface area contributed by atoms with E-state index in [9.17, 15) is 0 Å². The number of nitrogens with zero attached hydrogens (tertiary/aromatic N) is 2. The second-order valence-electron chi connectivity index (χ2n) is 4.61. The molecule has 0 atom stereocenters. The van der Waals surface area contributed by atoms with Crippen LogP contribution in [0.25, 0.3) is 16.4 Å². The van der Waals surface area contributed by atoms with Gasteiger partial charge in [-0.3, -0.25) is 0 Å². The number of imidazole rings is 1. The Morgan fingerprint density at radius 1 is 1.18 bits per heavy atom. The van der Waals surface area contributed by atoms with Gasteiger partial charge in [0.05, 0.1) is 7.05 Å². The smallest absolute Gasteiger partial charge is 0.236 e. The van der Waals surface area contributed by atoms with Gasteiger partial charge in [0.15, 0.2) is 5.52 Å². The summed E-state index contributed by atoms with van der Waals surface area (Å²) < 4.78 is 4.58. The lowest BCUT2D eigenvalue weighted by Crippen LogP contribution is -2.30. The zero-order valence-electron chi connectivity index (χ0n) is 10.6. The Kier molecular flexibility index (Phi) is 2.18. The first-order valence-electron chi connectivity index (χ1n) is 6.10. The first-order valence-corrected chi connectivity index (χ1v) is 6.10. The maximum absolute atomic E-state index is 2.36. The highest BCUT2D eigenvalue weighted by Gasteiger charge is 2.16. The Morgan fingerprint density at radius 3 is 2.76 bits per heavy atom. The molecule has 0 fully saturated rings. The molecule has 0 bridgehead atoms. The molecule has 1 aromatic carbocycles. The molecule has 3 rings (SSSR count). The van der Waals surface area contributed by atoms with Crippen LogP contribution in [0, 0.1) is 6.92 Å². The fourth-order valence-electron chi connectivity index (χ4n) is 2.69. The summed E-state index contributed by atoms with van der Waals surface area (Å²) >= 11 is 0. The van der Waals surface area contributed by atoms with Gasteiger partial charge < -0.3 is 0 Å². The Morgan fingerprint density at radius 2 is 2.00 bits per heavy atom. The predicted octanol–water partition coefficient (Wildman–Crippen LogP) is 2.79. The number of benzene rings is 1. The minimum absolute atomic E-state index is 1.04. The molecule has 2 nitrogen and oxygen atoms in total. The molecule has 0 saturated heterocycles. The number of aromatic nitrogens is 2. The molecule has 17 heavy (non-hydrogen) atoms. The van der Waals surface area contributed by atoms with Gasteiger partial charge >= 0.3 is 0 Å². The predicted molar refractivity (Wildman–Crippen MR) is 70.2 cm³/mol. The highest BCUT2D eigenvalue weighted by molar-refractivity contribution is 5.85. The molecule has 0 saturated carbocycles. The molecular weight excluding hydrogens is 208 g/mol. The van der Waals surface area contributed by atoms with Gasteiger partial charge in [0.1, 0.15) is 11.7 Å². The summed E-state index contributed by atoms with van der Waals surface area (Å²) in [6.45, 7) is 4.37. The number of hydrogen-bond acceptors (Lipinski definition) is 0. The molecule has 0 unspecified atom stereocenters. The average Bonchev–Trinajstić information content (AvgIpc) is 2.65. The summed E-state index contributed by atoms with van der Waals surface area (Å²) in [5.74, 6) is 1.34. The Labute approximate surface area is 101 Å². The van der Waals surface area contributed by atoms with Crippen LogP contribution in [0.2, 0.25) is 0 Å². The molecule has 3 aromatic rings. The third kappa shape index (κ3) is 1.37. The van der Waals surface area contributed by atoms with Gasteiger partial charge in [-0.25, -0.2) is 4.57 Å². The molecule has 0 aliphatic heterocycles. The van der Waals surface area contributed by atoms with Crippen molar-refractivity contribution in [2.24, 2.45) is 7.05 Å². The van der Waals surface area contributed by atoms with Crippen molar-refractivity contribution in [3.05, 3.63) is 47.9 Å². The third-order valence-electron chi connectivity index (χ3n) is 3.53. The van der Waals surface area contributed by atoms with Crippen LogP contribution in [0.4, 0.5) is 0 Å². The van der Waals surface area contributed by atoms with Crippen LogP contribution < -0.4 is 4.57 Å². The molecule has 2 heteroatoms. The average molecular weight is 225 g/mol. The van der Waals surface area contributed by atoms with E-state index < -0.39 is 0 Å².